The second-order valence-corrected chi connectivity index (χ2v) is 10.8. The summed E-state index contributed by atoms with van der Waals surface area (Å²) < 4.78 is 35.0. The van der Waals surface area contributed by atoms with E-state index in [1.807, 2.05) is 55.3 Å². The average molecular weight is 464 g/mol. The maximum absolute atomic E-state index is 13.1. The van der Waals surface area contributed by atoms with Crippen molar-refractivity contribution < 1.29 is 13.2 Å². The van der Waals surface area contributed by atoms with E-state index in [2.05, 4.69) is 25.5 Å². The summed E-state index contributed by atoms with van der Waals surface area (Å²) in [6, 6.07) is 19.8. The zero-order valence-corrected chi connectivity index (χ0v) is 20.4. The number of ether oxygens (including phenoxy) is 1. The minimum Gasteiger partial charge on any atom is -0.454 e. The Bertz CT molecular complexity index is 1310. The number of nitrogens with one attached hydrogen (secondary N) is 1. The van der Waals surface area contributed by atoms with Crippen molar-refractivity contribution in [1.82, 2.24) is 4.90 Å². The first-order valence-electron chi connectivity index (χ1n) is 10.9. The normalized spacial score (nSPS) is 13.2. The molecule has 0 spiro atoms. The van der Waals surface area contributed by atoms with Gasteiger partial charge in [-0.15, -0.1) is 0 Å². The SMILES string of the molecule is CCN(C)C1=Nc2ccccc2Oc2ccc(NS(=O)(=O)c3ccc(C(C)(C)C)cc3)cc21. The van der Waals surface area contributed by atoms with Crippen molar-refractivity contribution in [2.75, 3.05) is 18.3 Å². The summed E-state index contributed by atoms with van der Waals surface area (Å²) >= 11 is 0. The largest absolute Gasteiger partial charge is 0.454 e. The number of hydrogen-bond donors (Lipinski definition) is 1. The number of amidine groups is 1. The molecule has 3 aromatic rings. The molecule has 0 amide bonds. The summed E-state index contributed by atoms with van der Waals surface area (Å²) in [5.41, 5.74) is 2.92. The molecular weight excluding hydrogens is 434 g/mol. The molecule has 0 aliphatic carbocycles. The molecule has 1 aliphatic rings. The van der Waals surface area contributed by atoms with Gasteiger partial charge in [0.05, 0.1) is 10.5 Å². The van der Waals surface area contributed by atoms with Crippen LogP contribution < -0.4 is 9.46 Å². The second-order valence-electron chi connectivity index (χ2n) is 9.11. The summed E-state index contributed by atoms with van der Waals surface area (Å²) in [6.07, 6.45) is 0. The van der Waals surface area contributed by atoms with Gasteiger partial charge in [0, 0.05) is 19.3 Å². The van der Waals surface area contributed by atoms with Crippen LogP contribution in [0.5, 0.6) is 11.5 Å². The summed E-state index contributed by atoms with van der Waals surface area (Å²) in [6.45, 7) is 9.05. The molecule has 0 atom stereocenters. The highest BCUT2D eigenvalue weighted by Crippen LogP contribution is 2.39. The number of rotatable bonds is 4. The summed E-state index contributed by atoms with van der Waals surface area (Å²) in [4.78, 5) is 7.04. The number of hydrogen-bond acceptors (Lipinski definition) is 5. The number of sulfonamides is 1. The highest BCUT2D eigenvalue weighted by molar-refractivity contribution is 7.92. The van der Waals surface area contributed by atoms with Gasteiger partial charge in [-0.1, -0.05) is 45.0 Å². The van der Waals surface area contributed by atoms with Gasteiger partial charge in [0.1, 0.15) is 17.3 Å². The molecule has 0 fully saturated rings. The van der Waals surface area contributed by atoms with Crippen molar-refractivity contribution in [3.05, 3.63) is 77.9 Å². The van der Waals surface area contributed by atoms with Crippen molar-refractivity contribution in [2.45, 2.75) is 38.0 Å². The van der Waals surface area contributed by atoms with Crippen LogP contribution in [0.4, 0.5) is 11.4 Å². The van der Waals surface area contributed by atoms with Gasteiger partial charge in [0.2, 0.25) is 0 Å². The van der Waals surface area contributed by atoms with Gasteiger partial charge in [-0.2, -0.15) is 0 Å². The monoisotopic (exact) mass is 463 g/mol. The first kappa shape index (κ1) is 22.9. The van der Waals surface area contributed by atoms with E-state index in [0.29, 0.717) is 23.0 Å². The zero-order valence-electron chi connectivity index (χ0n) is 19.6. The van der Waals surface area contributed by atoms with Gasteiger partial charge in [-0.05, 0) is 60.4 Å². The summed E-state index contributed by atoms with van der Waals surface area (Å²) in [5, 5.41) is 0. The van der Waals surface area contributed by atoms with E-state index in [0.717, 1.165) is 23.4 Å². The molecule has 3 aromatic carbocycles. The number of anilines is 1. The molecule has 172 valence electrons. The number of benzene rings is 3. The zero-order chi connectivity index (χ0) is 23.8. The first-order valence-corrected chi connectivity index (χ1v) is 12.4. The molecule has 7 heteroatoms. The topological polar surface area (TPSA) is 71.0 Å². The lowest BCUT2D eigenvalue weighted by Gasteiger charge is -2.21. The first-order chi connectivity index (χ1) is 15.6. The fraction of sp³-hybridized carbons (Fsp3) is 0.269. The Balaban J connectivity index is 1.70. The van der Waals surface area contributed by atoms with Crippen molar-refractivity contribution in [3.63, 3.8) is 0 Å². The van der Waals surface area contributed by atoms with E-state index in [1.54, 1.807) is 30.3 Å². The Morgan fingerprint density at radius 3 is 2.33 bits per heavy atom. The standard InChI is InChI=1S/C26H29N3O3S/c1-6-29(5)25-21-17-19(13-16-23(21)32-24-10-8-7-9-22(24)27-25)28-33(30,31)20-14-11-18(12-15-20)26(2,3)4/h7-17,28H,6H2,1-5H3. The highest BCUT2D eigenvalue weighted by Gasteiger charge is 2.23. The van der Waals surface area contributed by atoms with Gasteiger partial charge in [0.15, 0.2) is 5.75 Å². The fourth-order valence-electron chi connectivity index (χ4n) is 3.57. The third-order valence-corrected chi connectivity index (χ3v) is 7.05. The average Bonchev–Trinajstić information content (AvgIpc) is 2.94. The van der Waals surface area contributed by atoms with E-state index in [4.69, 9.17) is 9.73 Å². The summed E-state index contributed by atoms with van der Waals surface area (Å²) in [5.74, 6) is 2.00. The molecule has 0 unspecified atom stereocenters. The van der Waals surface area contributed by atoms with Gasteiger partial charge in [-0.25, -0.2) is 13.4 Å². The van der Waals surface area contributed by atoms with Crippen LogP contribution in [0.3, 0.4) is 0 Å². The quantitative estimate of drug-likeness (QED) is 0.521. The lowest BCUT2D eigenvalue weighted by Crippen LogP contribution is -2.27. The maximum atomic E-state index is 13.1. The molecule has 0 saturated carbocycles. The van der Waals surface area contributed by atoms with E-state index < -0.39 is 10.0 Å². The molecule has 0 aromatic heterocycles. The molecule has 6 nitrogen and oxygen atoms in total. The van der Waals surface area contributed by atoms with Crippen molar-refractivity contribution in [3.8, 4) is 11.5 Å². The van der Waals surface area contributed by atoms with Gasteiger partial charge in [0.25, 0.3) is 10.0 Å². The lowest BCUT2D eigenvalue weighted by molar-refractivity contribution is 0.482. The Hall–Kier alpha value is -3.32. The predicted molar refractivity (Wildman–Crippen MR) is 133 cm³/mol. The van der Waals surface area contributed by atoms with E-state index in [1.165, 1.54) is 0 Å². The minimum absolute atomic E-state index is 0.0503. The van der Waals surface area contributed by atoms with Crippen LogP contribution >= 0.6 is 0 Å². The molecule has 0 radical (unpaired) electrons. The van der Waals surface area contributed by atoms with Crippen LogP contribution in [0.1, 0.15) is 38.8 Å². The Kier molecular flexibility index (Phi) is 5.93. The van der Waals surface area contributed by atoms with Gasteiger partial charge < -0.3 is 9.64 Å². The minimum atomic E-state index is -3.75. The van der Waals surface area contributed by atoms with Gasteiger partial charge in [-0.3, -0.25) is 4.72 Å². The number of aliphatic imine (C=N–C) groups is 1. The molecule has 1 aliphatic heterocycles. The smallest absolute Gasteiger partial charge is 0.261 e. The maximum Gasteiger partial charge on any atom is 0.261 e. The number of nitrogens with zero attached hydrogens (tertiary/aromatic N) is 2. The highest BCUT2D eigenvalue weighted by atomic mass is 32.2. The Labute approximate surface area is 196 Å². The number of para-hydroxylation sites is 2. The van der Waals surface area contributed by atoms with Crippen LogP contribution in [0.15, 0.2) is 76.6 Å². The van der Waals surface area contributed by atoms with Crippen LogP contribution in [-0.4, -0.2) is 32.7 Å². The second kappa shape index (κ2) is 8.56. The van der Waals surface area contributed by atoms with Crippen LogP contribution in [0.25, 0.3) is 0 Å². The molecule has 1 heterocycles. The van der Waals surface area contributed by atoms with Crippen LogP contribution in [0.2, 0.25) is 0 Å². The van der Waals surface area contributed by atoms with E-state index in [-0.39, 0.29) is 10.3 Å². The lowest BCUT2D eigenvalue weighted by atomic mass is 9.87. The van der Waals surface area contributed by atoms with E-state index >= 15 is 0 Å². The molecule has 0 saturated heterocycles. The molecule has 33 heavy (non-hydrogen) atoms. The van der Waals surface area contributed by atoms with Gasteiger partial charge >= 0.3 is 0 Å². The predicted octanol–water partition coefficient (Wildman–Crippen LogP) is 5.92. The molecular formula is C26H29N3O3S. The fourth-order valence-corrected chi connectivity index (χ4v) is 4.62. The third kappa shape index (κ3) is 4.73. The molecule has 4 rings (SSSR count). The van der Waals surface area contributed by atoms with Crippen molar-refractivity contribution in [2.24, 2.45) is 4.99 Å². The van der Waals surface area contributed by atoms with Crippen molar-refractivity contribution in [1.29, 1.82) is 0 Å². The molecule has 0 bridgehead atoms. The molecule has 1 N–H and O–H groups in total. The van der Waals surface area contributed by atoms with Crippen LogP contribution in [-0.2, 0) is 15.4 Å². The Morgan fingerprint density at radius 1 is 0.970 bits per heavy atom. The Morgan fingerprint density at radius 2 is 1.67 bits per heavy atom. The van der Waals surface area contributed by atoms with E-state index in [9.17, 15) is 8.42 Å². The third-order valence-electron chi connectivity index (χ3n) is 5.65. The summed E-state index contributed by atoms with van der Waals surface area (Å²) in [7, 11) is -1.80. The number of fused-ring (bicyclic) bond motifs is 2. The van der Waals surface area contributed by atoms with Crippen LogP contribution in [0, 0.1) is 0 Å². The van der Waals surface area contributed by atoms with Crippen molar-refractivity contribution >= 4 is 27.2 Å².